The molecule has 0 spiro atoms. The lowest BCUT2D eigenvalue weighted by Gasteiger charge is -2.05. The van der Waals surface area contributed by atoms with E-state index in [1.807, 2.05) is 0 Å². The number of aliphatic hydroxyl groups excluding tert-OH is 1. The molecule has 1 rings (SSSR count). The SMILES string of the molecule is O=C(O)CCc1ccc(S(=O)(=O)CCCCO)cc1. The molecule has 0 aromatic heterocycles. The molecule has 106 valence electrons. The number of benzene rings is 1. The molecule has 0 aliphatic heterocycles. The fourth-order valence-corrected chi connectivity index (χ4v) is 3.01. The van der Waals surface area contributed by atoms with Gasteiger partial charge in [-0.2, -0.15) is 0 Å². The number of hydrogen-bond acceptors (Lipinski definition) is 4. The number of carbonyl (C=O) groups is 1. The monoisotopic (exact) mass is 286 g/mol. The number of rotatable bonds is 8. The first kappa shape index (κ1) is 15.7. The highest BCUT2D eigenvalue weighted by Gasteiger charge is 2.13. The van der Waals surface area contributed by atoms with Gasteiger partial charge in [0.05, 0.1) is 10.6 Å². The predicted molar refractivity (Wildman–Crippen MR) is 70.8 cm³/mol. The van der Waals surface area contributed by atoms with Gasteiger partial charge < -0.3 is 10.2 Å². The van der Waals surface area contributed by atoms with Crippen molar-refractivity contribution in [3.8, 4) is 0 Å². The number of carboxylic acids is 1. The second-order valence-electron chi connectivity index (χ2n) is 4.29. The maximum atomic E-state index is 11.9. The summed E-state index contributed by atoms with van der Waals surface area (Å²) >= 11 is 0. The molecule has 0 amide bonds. The summed E-state index contributed by atoms with van der Waals surface area (Å²) in [6, 6.07) is 6.29. The lowest BCUT2D eigenvalue weighted by molar-refractivity contribution is -0.136. The van der Waals surface area contributed by atoms with E-state index in [1.54, 1.807) is 12.1 Å². The first-order valence-corrected chi connectivity index (χ1v) is 7.75. The van der Waals surface area contributed by atoms with Gasteiger partial charge >= 0.3 is 5.97 Å². The topological polar surface area (TPSA) is 91.7 Å². The largest absolute Gasteiger partial charge is 0.481 e. The normalized spacial score (nSPS) is 11.4. The fourth-order valence-electron chi connectivity index (χ4n) is 1.64. The third-order valence-corrected chi connectivity index (χ3v) is 4.55. The summed E-state index contributed by atoms with van der Waals surface area (Å²) in [5, 5.41) is 17.2. The van der Waals surface area contributed by atoms with Crippen molar-refractivity contribution in [1.29, 1.82) is 0 Å². The van der Waals surface area contributed by atoms with Crippen LogP contribution in [-0.2, 0) is 21.1 Å². The third kappa shape index (κ3) is 5.40. The van der Waals surface area contributed by atoms with Crippen molar-refractivity contribution in [2.75, 3.05) is 12.4 Å². The molecule has 0 saturated heterocycles. The molecule has 0 atom stereocenters. The minimum atomic E-state index is -3.31. The first-order chi connectivity index (χ1) is 8.95. The van der Waals surface area contributed by atoms with Gasteiger partial charge in [-0.1, -0.05) is 12.1 Å². The summed E-state index contributed by atoms with van der Waals surface area (Å²) in [5.41, 5.74) is 0.803. The van der Waals surface area contributed by atoms with Gasteiger partial charge in [-0.15, -0.1) is 0 Å². The van der Waals surface area contributed by atoms with E-state index in [-0.39, 0.29) is 23.7 Å². The second-order valence-corrected chi connectivity index (χ2v) is 6.40. The molecule has 0 radical (unpaired) electrons. The van der Waals surface area contributed by atoms with Crippen LogP contribution in [0.3, 0.4) is 0 Å². The Morgan fingerprint density at radius 1 is 1.11 bits per heavy atom. The van der Waals surface area contributed by atoms with Gasteiger partial charge in [0.2, 0.25) is 0 Å². The maximum absolute atomic E-state index is 11.9. The first-order valence-electron chi connectivity index (χ1n) is 6.10. The predicted octanol–water partition coefficient (Wildman–Crippen LogP) is 1.25. The highest BCUT2D eigenvalue weighted by Crippen LogP contribution is 2.14. The van der Waals surface area contributed by atoms with Crippen molar-refractivity contribution in [2.45, 2.75) is 30.6 Å². The van der Waals surface area contributed by atoms with Crippen molar-refractivity contribution in [3.05, 3.63) is 29.8 Å². The van der Waals surface area contributed by atoms with E-state index in [9.17, 15) is 13.2 Å². The molecule has 0 fully saturated rings. The quantitative estimate of drug-likeness (QED) is 0.702. The Balaban J connectivity index is 2.66. The van der Waals surface area contributed by atoms with Crippen LogP contribution in [-0.4, -0.2) is 37.0 Å². The van der Waals surface area contributed by atoms with Crippen LogP contribution >= 0.6 is 0 Å². The average Bonchev–Trinajstić information content (AvgIpc) is 2.37. The van der Waals surface area contributed by atoms with Gasteiger partial charge in [-0.25, -0.2) is 8.42 Å². The summed E-state index contributed by atoms with van der Waals surface area (Å²) in [7, 11) is -3.31. The molecule has 0 aliphatic carbocycles. The van der Waals surface area contributed by atoms with Crippen LogP contribution < -0.4 is 0 Å². The molecule has 19 heavy (non-hydrogen) atoms. The Hall–Kier alpha value is -1.40. The van der Waals surface area contributed by atoms with Gasteiger partial charge in [0, 0.05) is 13.0 Å². The second kappa shape index (κ2) is 7.25. The van der Waals surface area contributed by atoms with E-state index in [1.165, 1.54) is 12.1 Å². The van der Waals surface area contributed by atoms with Gasteiger partial charge in [-0.3, -0.25) is 4.79 Å². The van der Waals surface area contributed by atoms with E-state index in [0.717, 1.165) is 5.56 Å². The van der Waals surface area contributed by atoms with Crippen LogP contribution in [0.2, 0.25) is 0 Å². The van der Waals surface area contributed by atoms with Gasteiger partial charge in [-0.05, 0) is 37.0 Å². The molecule has 0 unspecified atom stereocenters. The molecule has 0 aliphatic rings. The summed E-state index contributed by atoms with van der Waals surface area (Å²) in [5.74, 6) is -0.858. The standard InChI is InChI=1S/C13H18O5S/c14-9-1-2-10-19(17,18)12-6-3-11(4-7-12)5-8-13(15)16/h3-4,6-7,14H,1-2,5,8-10H2,(H,15,16). The smallest absolute Gasteiger partial charge is 0.303 e. The Morgan fingerprint density at radius 2 is 1.74 bits per heavy atom. The number of aliphatic carboxylic acids is 1. The average molecular weight is 286 g/mol. The van der Waals surface area contributed by atoms with Crippen LogP contribution in [0.5, 0.6) is 0 Å². The van der Waals surface area contributed by atoms with Crippen LogP contribution in [0.15, 0.2) is 29.2 Å². The fraction of sp³-hybridized carbons (Fsp3) is 0.462. The highest BCUT2D eigenvalue weighted by molar-refractivity contribution is 7.91. The molecule has 0 heterocycles. The Bertz CT molecular complexity index is 504. The summed E-state index contributed by atoms with van der Waals surface area (Å²) in [4.78, 5) is 10.7. The molecule has 2 N–H and O–H groups in total. The Kier molecular flexibility index (Phi) is 5.98. The van der Waals surface area contributed by atoms with Crippen molar-refractivity contribution in [3.63, 3.8) is 0 Å². The summed E-state index contributed by atoms with van der Waals surface area (Å²) in [6.45, 7) is -0.0103. The third-order valence-electron chi connectivity index (χ3n) is 2.73. The number of sulfone groups is 1. The van der Waals surface area contributed by atoms with Crippen molar-refractivity contribution >= 4 is 15.8 Å². The molecule has 1 aromatic carbocycles. The van der Waals surface area contributed by atoms with Crippen LogP contribution in [0.1, 0.15) is 24.8 Å². The number of unbranched alkanes of at least 4 members (excludes halogenated alkanes) is 1. The summed E-state index contributed by atoms with van der Waals surface area (Å²) < 4.78 is 23.8. The van der Waals surface area contributed by atoms with E-state index in [4.69, 9.17) is 10.2 Å². The molecular formula is C13H18O5S. The van der Waals surface area contributed by atoms with Gasteiger partial charge in [0.15, 0.2) is 9.84 Å². The minimum Gasteiger partial charge on any atom is -0.481 e. The molecule has 0 saturated carbocycles. The molecule has 0 bridgehead atoms. The van der Waals surface area contributed by atoms with Crippen molar-refractivity contribution < 1.29 is 23.4 Å². The van der Waals surface area contributed by atoms with Crippen LogP contribution in [0, 0.1) is 0 Å². The van der Waals surface area contributed by atoms with E-state index in [2.05, 4.69) is 0 Å². The van der Waals surface area contributed by atoms with E-state index < -0.39 is 15.8 Å². The van der Waals surface area contributed by atoms with Crippen LogP contribution in [0.4, 0.5) is 0 Å². The zero-order valence-corrected chi connectivity index (χ0v) is 11.4. The molecular weight excluding hydrogens is 268 g/mol. The van der Waals surface area contributed by atoms with Crippen LogP contribution in [0.25, 0.3) is 0 Å². The van der Waals surface area contributed by atoms with E-state index in [0.29, 0.717) is 19.3 Å². The Morgan fingerprint density at radius 3 is 2.26 bits per heavy atom. The number of aliphatic hydroxyl groups is 1. The Labute approximate surface area is 112 Å². The van der Waals surface area contributed by atoms with Crippen molar-refractivity contribution in [1.82, 2.24) is 0 Å². The number of hydrogen-bond donors (Lipinski definition) is 2. The lowest BCUT2D eigenvalue weighted by atomic mass is 10.1. The zero-order chi connectivity index (χ0) is 14.3. The van der Waals surface area contributed by atoms with E-state index >= 15 is 0 Å². The van der Waals surface area contributed by atoms with Crippen molar-refractivity contribution in [2.24, 2.45) is 0 Å². The lowest BCUT2D eigenvalue weighted by Crippen LogP contribution is -2.07. The molecule has 6 heteroatoms. The minimum absolute atomic E-state index is 0.0103. The van der Waals surface area contributed by atoms with Gasteiger partial charge in [0.25, 0.3) is 0 Å². The number of aryl methyl sites for hydroxylation is 1. The number of carboxylic acid groups (broad SMARTS) is 1. The zero-order valence-electron chi connectivity index (χ0n) is 10.6. The summed E-state index contributed by atoms with van der Waals surface area (Å²) in [6.07, 6.45) is 1.32. The molecule has 5 nitrogen and oxygen atoms in total. The molecule has 1 aromatic rings. The maximum Gasteiger partial charge on any atom is 0.303 e. The highest BCUT2D eigenvalue weighted by atomic mass is 32.2. The van der Waals surface area contributed by atoms with Gasteiger partial charge in [0.1, 0.15) is 0 Å².